The summed E-state index contributed by atoms with van der Waals surface area (Å²) in [7, 11) is 0. The topological polar surface area (TPSA) is 48.1 Å². The fourth-order valence-electron chi connectivity index (χ4n) is 1.79. The van der Waals surface area contributed by atoms with Gasteiger partial charge in [0.1, 0.15) is 5.75 Å². The highest BCUT2D eigenvalue weighted by atomic mass is 16.5. The van der Waals surface area contributed by atoms with E-state index in [-0.39, 0.29) is 6.04 Å². The van der Waals surface area contributed by atoms with E-state index in [9.17, 15) is 0 Å². The second-order valence-corrected chi connectivity index (χ2v) is 4.59. The lowest BCUT2D eigenvalue weighted by molar-refractivity contribution is 0.458. The Balaban J connectivity index is 2.25. The Bertz CT molecular complexity index is 550. The van der Waals surface area contributed by atoms with Gasteiger partial charge < -0.3 is 10.5 Å². The molecule has 0 fully saturated rings. The van der Waals surface area contributed by atoms with Gasteiger partial charge >= 0.3 is 0 Å². The first-order chi connectivity index (χ1) is 8.56. The molecule has 2 rings (SSSR count). The number of hydrogen-bond donors (Lipinski definition) is 1. The van der Waals surface area contributed by atoms with Gasteiger partial charge in [0.05, 0.1) is 0 Å². The zero-order valence-corrected chi connectivity index (χ0v) is 11.0. The van der Waals surface area contributed by atoms with E-state index in [0.29, 0.717) is 5.88 Å². The Kier molecular flexibility index (Phi) is 3.63. The lowest BCUT2D eigenvalue weighted by Gasteiger charge is -2.10. The summed E-state index contributed by atoms with van der Waals surface area (Å²) in [6, 6.07) is 9.84. The van der Waals surface area contributed by atoms with Crippen molar-refractivity contribution < 1.29 is 4.74 Å². The van der Waals surface area contributed by atoms with Crippen LogP contribution >= 0.6 is 0 Å². The molecule has 0 bridgehead atoms. The first-order valence-corrected chi connectivity index (χ1v) is 6.03. The number of pyridine rings is 1. The SMILES string of the molecule is Cc1ccc(Oc2cc([C@@H](C)N)ccn2)c(C)c1. The van der Waals surface area contributed by atoms with Crippen LogP contribution in [0.4, 0.5) is 0 Å². The van der Waals surface area contributed by atoms with Crippen molar-refractivity contribution in [3.05, 3.63) is 53.2 Å². The molecule has 94 valence electrons. The van der Waals surface area contributed by atoms with Crippen LogP contribution in [0.1, 0.15) is 29.7 Å². The zero-order valence-electron chi connectivity index (χ0n) is 11.0. The average Bonchev–Trinajstić information content (AvgIpc) is 2.33. The van der Waals surface area contributed by atoms with Crippen LogP contribution in [0.2, 0.25) is 0 Å². The molecule has 18 heavy (non-hydrogen) atoms. The van der Waals surface area contributed by atoms with Gasteiger partial charge in [0.15, 0.2) is 0 Å². The van der Waals surface area contributed by atoms with E-state index in [2.05, 4.69) is 18.0 Å². The number of aryl methyl sites for hydroxylation is 2. The Morgan fingerprint density at radius 2 is 1.94 bits per heavy atom. The highest BCUT2D eigenvalue weighted by molar-refractivity contribution is 5.38. The minimum Gasteiger partial charge on any atom is -0.439 e. The van der Waals surface area contributed by atoms with Gasteiger partial charge in [0.25, 0.3) is 0 Å². The largest absolute Gasteiger partial charge is 0.439 e. The molecule has 0 aliphatic carbocycles. The highest BCUT2D eigenvalue weighted by Crippen LogP contribution is 2.25. The van der Waals surface area contributed by atoms with E-state index in [1.54, 1.807) is 6.20 Å². The lowest BCUT2D eigenvalue weighted by atomic mass is 10.1. The molecule has 1 aromatic heterocycles. The summed E-state index contributed by atoms with van der Waals surface area (Å²) in [5.41, 5.74) is 9.18. The molecule has 1 aromatic carbocycles. The molecular formula is C15H18N2O. The number of nitrogens with two attached hydrogens (primary N) is 1. The third-order valence-corrected chi connectivity index (χ3v) is 2.83. The molecule has 2 N–H and O–H groups in total. The predicted octanol–water partition coefficient (Wildman–Crippen LogP) is 3.51. The van der Waals surface area contributed by atoms with Crippen LogP contribution < -0.4 is 10.5 Å². The molecule has 0 saturated carbocycles. The fraction of sp³-hybridized carbons (Fsp3) is 0.267. The van der Waals surface area contributed by atoms with E-state index in [0.717, 1.165) is 16.9 Å². The van der Waals surface area contributed by atoms with Crippen LogP contribution in [0.25, 0.3) is 0 Å². The monoisotopic (exact) mass is 242 g/mol. The lowest BCUT2D eigenvalue weighted by Crippen LogP contribution is -2.05. The Labute approximate surface area is 108 Å². The van der Waals surface area contributed by atoms with Crippen LogP contribution in [0.3, 0.4) is 0 Å². The maximum atomic E-state index is 5.84. The summed E-state index contributed by atoms with van der Waals surface area (Å²) < 4.78 is 5.79. The molecule has 0 radical (unpaired) electrons. The van der Waals surface area contributed by atoms with Gasteiger partial charge in [-0.15, -0.1) is 0 Å². The van der Waals surface area contributed by atoms with Crippen LogP contribution in [-0.2, 0) is 0 Å². The first kappa shape index (κ1) is 12.6. The summed E-state index contributed by atoms with van der Waals surface area (Å²) in [6.45, 7) is 6.03. The van der Waals surface area contributed by atoms with Crippen molar-refractivity contribution >= 4 is 0 Å². The zero-order chi connectivity index (χ0) is 13.1. The minimum absolute atomic E-state index is 0.0190. The molecule has 0 aliphatic rings. The van der Waals surface area contributed by atoms with Crippen molar-refractivity contribution in [2.75, 3.05) is 0 Å². The summed E-state index contributed by atoms with van der Waals surface area (Å²) in [6.07, 6.45) is 1.72. The van der Waals surface area contributed by atoms with Crippen LogP contribution in [0.5, 0.6) is 11.6 Å². The summed E-state index contributed by atoms with van der Waals surface area (Å²) in [4.78, 5) is 4.20. The fourth-order valence-corrected chi connectivity index (χ4v) is 1.79. The quantitative estimate of drug-likeness (QED) is 0.896. The van der Waals surface area contributed by atoms with Gasteiger partial charge in [-0.2, -0.15) is 0 Å². The van der Waals surface area contributed by atoms with Crippen LogP contribution in [0, 0.1) is 13.8 Å². The van der Waals surface area contributed by atoms with Crippen molar-refractivity contribution in [3.63, 3.8) is 0 Å². The predicted molar refractivity (Wildman–Crippen MR) is 72.8 cm³/mol. The van der Waals surface area contributed by atoms with Crippen molar-refractivity contribution in [2.45, 2.75) is 26.8 Å². The standard InChI is InChI=1S/C15H18N2O/c1-10-4-5-14(11(2)8-10)18-15-9-13(12(3)16)6-7-17-15/h4-9,12H,16H2,1-3H3/t12-/m1/s1. The second-order valence-electron chi connectivity index (χ2n) is 4.59. The van der Waals surface area contributed by atoms with Crippen LogP contribution in [0.15, 0.2) is 36.5 Å². The van der Waals surface area contributed by atoms with Crippen molar-refractivity contribution in [3.8, 4) is 11.6 Å². The van der Waals surface area contributed by atoms with Gasteiger partial charge in [-0.05, 0) is 44.0 Å². The molecular weight excluding hydrogens is 224 g/mol. The number of rotatable bonds is 3. The number of nitrogens with zero attached hydrogens (tertiary/aromatic N) is 1. The third-order valence-electron chi connectivity index (χ3n) is 2.83. The maximum Gasteiger partial charge on any atom is 0.219 e. The van der Waals surface area contributed by atoms with E-state index >= 15 is 0 Å². The normalized spacial score (nSPS) is 12.2. The van der Waals surface area contributed by atoms with E-state index in [1.807, 2.05) is 38.1 Å². The van der Waals surface area contributed by atoms with Gasteiger partial charge in [0.2, 0.25) is 5.88 Å². The number of aromatic nitrogens is 1. The van der Waals surface area contributed by atoms with Gasteiger partial charge in [0, 0.05) is 18.3 Å². The maximum absolute atomic E-state index is 5.84. The van der Waals surface area contributed by atoms with Crippen LogP contribution in [-0.4, -0.2) is 4.98 Å². The van der Waals surface area contributed by atoms with E-state index in [1.165, 1.54) is 5.56 Å². The van der Waals surface area contributed by atoms with Gasteiger partial charge in [-0.3, -0.25) is 0 Å². The van der Waals surface area contributed by atoms with Gasteiger partial charge in [-0.25, -0.2) is 4.98 Å². The average molecular weight is 242 g/mol. The summed E-state index contributed by atoms with van der Waals surface area (Å²) >= 11 is 0. The number of hydrogen-bond acceptors (Lipinski definition) is 3. The molecule has 2 aromatic rings. The summed E-state index contributed by atoms with van der Waals surface area (Å²) in [5.74, 6) is 1.41. The van der Waals surface area contributed by atoms with Crippen molar-refractivity contribution in [1.82, 2.24) is 4.98 Å². The summed E-state index contributed by atoms with van der Waals surface area (Å²) in [5, 5.41) is 0. The Morgan fingerprint density at radius 1 is 1.17 bits per heavy atom. The molecule has 1 atom stereocenters. The molecule has 0 amide bonds. The van der Waals surface area contributed by atoms with E-state index in [4.69, 9.17) is 10.5 Å². The minimum atomic E-state index is -0.0190. The smallest absolute Gasteiger partial charge is 0.219 e. The third kappa shape index (κ3) is 2.87. The number of benzene rings is 1. The Hall–Kier alpha value is -1.87. The molecule has 0 unspecified atom stereocenters. The first-order valence-electron chi connectivity index (χ1n) is 6.03. The van der Waals surface area contributed by atoms with E-state index < -0.39 is 0 Å². The molecule has 3 heteroatoms. The molecule has 0 saturated heterocycles. The number of ether oxygens (including phenoxy) is 1. The molecule has 0 aliphatic heterocycles. The Morgan fingerprint density at radius 3 is 2.61 bits per heavy atom. The second kappa shape index (κ2) is 5.19. The van der Waals surface area contributed by atoms with Crippen molar-refractivity contribution in [1.29, 1.82) is 0 Å². The van der Waals surface area contributed by atoms with Crippen molar-refractivity contribution in [2.24, 2.45) is 5.73 Å². The molecule has 0 spiro atoms. The molecule has 3 nitrogen and oxygen atoms in total. The molecule has 1 heterocycles. The van der Waals surface area contributed by atoms with Gasteiger partial charge in [-0.1, -0.05) is 17.7 Å². The highest BCUT2D eigenvalue weighted by Gasteiger charge is 2.05.